The maximum absolute atomic E-state index is 12.2. The normalized spacial score (nSPS) is 29.4. The predicted octanol–water partition coefficient (Wildman–Crippen LogP) is 4.05. The van der Waals surface area contributed by atoms with Crippen LogP contribution in [0.15, 0.2) is 0 Å². The summed E-state index contributed by atoms with van der Waals surface area (Å²) in [4.78, 5) is 0. The first-order valence-electron chi connectivity index (χ1n) is 7.90. The molecule has 0 heterocycles. The molecule has 1 spiro atoms. The van der Waals surface area contributed by atoms with Crippen molar-refractivity contribution in [3.63, 3.8) is 0 Å². The molecule has 1 N–H and O–H groups in total. The van der Waals surface area contributed by atoms with Gasteiger partial charge in [0, 0.05) is 11.5 Å². The summed E-state index contributed by atoms with van der Waals surface area (Å²) < 4.78 is 42.2. The van der Waals surface area contributed by atoms with Crippen molar-refractivity contribution >= 4 is 0 Å². The van der Waals surface area contributed by atoms with Gasteiger partial charge in [-0.1, -0.05) is 26.2 Å². The molecule has 0 amide bonds. The summed E-state index contributed by atoms with van der Waals surface area (Å²) in [6.45, 7) is 2.94. The Morgan fingerprint density at radius 3 is 2.50 bits per heavy atom. The van der Waals surface area contributed by atoms with E-state index in [1.54, 1.807) is 0 Å². The van der Waals surface area contributed by atoms with E-state index < -0.39 is 12.6 Å². The Morgan fingerprint density at radius 2 is 1.90 bits per heavy atom. The van der Waals surface area contributed by atoms with Crippen molar-refractivity contribution in [3.05, 3.63) is 0 Å². The number of rotatable bonds is 6. The third kappa shape index (κ3) is 3.67. The van der Waals surface area contributed by atoms with Crippen molar-refractivity contribution in [1.29, 1.82) is 0 Å². The van der Waals surface area contributed by atoms with E-state index >= 15 is 0 Å². The second-order valence-corrected chi connectivity index (χ2v) is 6.26. The fourth-order valence-electron chi connectivity index (χ4n) is 3.78. The maximum Gasteiger partial charge on any atom is 0.391 e. The molecule has 2 atom stereocenters. The highest BCUT2D eigenvalue weighted by molar-refractivity contribution is 5.08. The van der Waals surface area contributed by atoms with Crippen LogP contribution in [0.1, 0.15) is 58.3 Å². The predicted molar refractivity (Wildman–Crippen MR) is 72.6 cm³/mol. The van der Waals surface area contributed by atoms with Crippen molar-refractivity contribution in [2.24, 2.45) is 5.41 Å². The Balaban J connectivity index is 1.86. The Hall–Kier alpha value is -0.290. The molecule has 2 rings (SSSR count). The molecule has 2 unspecified atom stereocenters. The SMILES string of the molecule is CCCNC1CC(OCCC(F)(F)F)C12CCCCC2. The third-order valence-electron chi connectivity index (χ3n) is 4.91. The first-order valence-corrected chi connectivity index (χ1v) is 7.90. The van der Waals surface area contributed by atoms with Gasteiger partial charge in [-0.3, -0.25) is 0 Å². The van der Waals surface area contributed by atoms with Gasteiger partial charge in [0.25, 0.3) is 0 Å². The molecule has 0 aromatic rings. The number of nitrogens with one attached hydrogen (secondary N) is 1. The standard InChI is InChI=1S/C15H26F3NO/c1-2-9-19-12-11-13(20-10-8-15(16,17)18)14(12)6-4-3-5-7-14/h12-13,19H,2-11H2,1H3. The van der Waals surface area contributed by atoms with Gasteiger partial charge in [-0.25, -0.2) is 0 Å². The first kappa shape index (κ1) is 16.1. The van der Waals surface area contributed by atoms with Crippen molar-refractivity contribution in [1.82, 2.24) is 5.32 Å². The van der Waals surface area contributed by atoms with Crippen LogP contribution in [0.5, 0.6) is 0 Å². The topological polar surface area (TPSA) is 21.3 Å². The van der Waals surface area contributed by atoms with Gasteiger partial charge in [-0.2, -0.15) is 13.2 Å². The molecule has 0 aromatic heterocycles. The molecule has 0 saturated heterocycles. The average molecular weight is 293 g/mol. The summed E-state index contributed by atoms with van der Waals surface area (Å²) in [6, 6.07) is 0.443. The summed E-state index contributed by atoms with van der Waals surface area (Å²) in [7, 11) is 0. The van der Waals surface area contributed by atoms with Gasteiger partial charge in [-0.05, 0) is 32.2 Å². The van der Waals surface area contributed by atoms with E-state index in [0.29, 0.717) is 6.04 Å². The molecule has 0 bridgehead atoms. The molecule has 118 valence electrons. The van der Waals surface area contributed by atoms with E-state index in [1.807, 2.05) is 0 Å². The van der Waals surface area contributed by atoms with Crippen molar-refractivity contribution < 1.29 is 17.9 Å². The van der Waals surface area contributed by atoms with Gasteiger partial charge in [0.2, 0.25) is 0 Å². The lowest BCUT2D eigenvalue weighted by Crippen LogP contribution is -2.64. The monoisotopic (exact) mass is 293 g/mol. The molecular weight excluding hydrogens is 267 g/mol. The van der Waals surface area contributed by atoms with Gasteiger partial charge in [0.15, 0.2) is 0 Å². The summed E-state index contributed by atoms with van der Waals surface area (Å²) in [6.07, 6.45) is 2.88. The largest absolute Gasteiger partial charge is 0.391 e. The Kier molecular flexibility index (Phi) is 5.35. The first-order chi connectivity index (χ1) is 9.48. The van der Waals surface area contributed by atoms with Crippen molar-refractivity contribution in [2.45, 2.75) is 76.6 Å². The average Bonchev–Trinajstić information content (AvgIpc) is 2.41. The van der Waals surface area contributed by atoms with E-state index in [4.69, 9.17) is 4.74 Å². The molecule has 5 heteroatoms. The number of alkyl halides is 3. The summed E-state index contributed by atoms with van der Waals surface area (Å²) in [5, 5.41) is 3.56. The molecule has 0 radical (unpaired) electrons. The second-order valence-electron chi connectivity index (χ2n) is 6.26. The number of hydrogen-bond acceptors (Lipinski definition) is 2. The highest BCUT2D eigenvalue weighted by atomic mass is 19.4. The zero-order valence-corrected chi connectivity index (χ0v) is 12.3. The van der Waals surface area contributed by atoms with Crippen LogP contribution in [0.3, 0.4) is 0 Å². The van der Waals surface area contributed by atoms with Crippen LogP contribution in [-0.4, -0.2) is 31.5 Å². The van der Waals surface area contributed by atoms with Gasteiger partial charge in [0.1, 0.15) is 0 Å². The van der Waals surface area contributed by atoms with E-state index in [0.717, 1.165) is 32.2 Å². The smallest absolute Gasteiger partial charge is 0.377 e. The highest BCUT2D eigenvalue weighted by Gasteiger charge is 2.55. The van der Waals surface area contributed by atoms with Crippen LogP contribution in [0.25, 0.3) is 0 Å². The Labute approximate surface area is 119 Å². The maximum atomic E-state index is 12.2. The fraction of sp³-hybridized carbons (Fsp3) is 1.00. The second kappa shape index (κ2) is 6.65. The Morgan fingerprint density at radius 1 is 1.20 bits per heavy atom. The number of ether oxygens (including phenoxy) is 1. The summed E-state index contributed by atoms with van der Waals surface area (Å²) >= 11 is 0. The van der Waals surface area contributed by atoms with Gasteiger partial charge >= 0.3 is 6.18 Å². The zero-order chi connectivity index (χ0) is 14.6. The van der Waals surface area contributed by atoms with Crippen LogP contribution >= 0.6 is 0 Å². The number of halogens is 3. The van der Waals surface area contributed by atoms with Gasteiger partial charge in [-0.15, -0.1) is 0 Å². The molecule has 2 aliphatic carbocycles. The zero-order valence-electron chi connectivity index (χ0n) is 12.3. The van der Waals surface area contributed by atoms with Gasteiger partial charge < -0.3 is 10.1 Å². The summed E-state index contributed by atoms with van der Waals surface area (Å²) in [5.41, 5.74) is 0.110. The molecule has 2 nitrogen and oxygen atoms in total. The van der Waals surface area contributed by atoms with Crippen molar-refractivity contribution in [2.75, 3.05) is 13.2 Å². The minimum absolute atomic E-state index is 0.0273. The molecule has 0 aromatic carbocycles. The quantitative estimate of drug-likeness (QED) is 0.798. The lowest BCUT2D eigenvalue weighted by atomic mass is 9.55. The van der Waals surface area contributed by atoms with Crippen molar-refractivity contribution in [3.8, 4) is 0 Å². The summed E-state index contributed by atoms with van der Waals surface area (Å²) in [5.74, 6) is 0. The molecule has 2 fully saturated rings. The van der Waals surface area contributed by atoms with E-state index in [1.165, 1.54) is 19.3 Å². The van der Waals surface area contributed by atoms with Crippen LogP contribution in [0.2, 0.25) is 0 Å². The van der Waals surface area contributed by atoms with Crippen LogP contribution < -0.4 is 5.32 Å². The molecular formula is C15H26F3NO. The minimum atomic E-state index is -4.11. The van der Waals surface area contributed by atoms with Crippen LogP contribution in [-0.2, 0) is 4.74 Å². The van der Waals surface area contributed by atoms with Crippen LogP contribution in [0.4, 0.5) is 13.2 Å². The highest BCUT2D eigenvalue weighted by Crippen LogP contribution is 2.53. The Bertz CT molecular complexity index is 300. The number of hydrogen-bond donors (Lipinski definition) is 1. The molecule has 2 aliphatic rings. The molecule has 0 aliphatic heterocycles. The van der Waals surface area contributed by atoms with Crippen LogP contribution in [0, 0.1) is 5.41 Å². The van der Waals surface area contributed by atoms with E-state index in [-0.39, 0.29) is 18.1 Å². The molecule has 2 saturated carbocycles. The van der Waals surface area contributed by atoms with E-state index in [2.05, 4.69) is 12.2 Å². The minimum Gasteiger partial charge on any atom is -0.377 e. The van der Waals surface area contributed by atoms with E-state index in [9.17, 15) is 13.2 Å². The lowest BCUT2D eigenvalue weighted by molar-refractivity contribution is -0.184. The third-order valence-corrected chi connectivity index (χ3v) is 4.91. The fourth-order valence-corrected chi connectivity index (χ4v) is 3.78. The molecule has 20 heavy (non-hydrogen) atoms. The lowest BCUT2D eigenvalue weighted by Gasteiger charge is -2.58. The van der Waals surface area contributed by atoms with Gasteiger partial charge in [0.05, 0.1) is 19.1 Å².